The Kier molecular flexibility index (Phi) is 6.25. The van der Waals surface area contributed by atoms with Gasteiger partial charge in [0.05, 0.1) is 12.1 Å². The summed E-state index contributed by atoms with van der Waals surface area (Å²) < 4.78 is 30.6. The van der Waals surface area contributed by atoms with Gasteiger partial charge in [-0.15, -0.1) is 0 Å². The van der Waals surface area contributed by atoms with Crippen molar-refractivity contribution in [1.82, 2.24) is 15.1 Å². The van der Waals surface area contributed by atoms with Crippen LogP contribution in [0, 0.1) is 13.8 Å². The van der Waals surface area contributed by atoms with Crippen LogP contribution in [0.25, 0.3) is 0 Å². The number of β-lactam (4-membered cyclic amide) rings is 1. The molecule has 5 unspecified atom stereocenters. The van der Waals surface area contributed by atoms with Crippen molar-refractivity contribution in [2.75, 3.05) is 13.1 Å². The summed E-state index contributed by atoms with van der Waals surface area (Å²) in [6.45, 7) is 5.50. The molecule has 0 radical (unpaired) electrons. The molecule has 5 atom stereocenters. The van der Waals surface area contributed by atoms with Gasteiger partial charge in [-0.3, -0.25) is 14.4 Å². The smallest absolute Gasteiger partial charge is 0.290 e. The van der Waals surface area contributed by atoms with Crippen LogP contribution >= 0.6 is 0 Å². The number of hydrogen-bond donors (Lipinski definition) is 3. The highest BCUT2D eigenvalue weighted by Crippen LogP contribution is 2.56. The summed E-state index contributed by atoms with van der Waals surface area (Å²) in [5, 5.41) is 24.5. The molecule has 2 aromatic rings. The van der Waals surface area contributed by atoms with Crippen molar-refractivity contribution in [3.63, 3.8) is 0 Å². The molecule has 2 heterocycles. The third kappa shape index (κ3) is 3.75. The van der Waals surface area contributed by atoms with Gasteiger partial charge in [0, 0.05) is 23.6 Å². The lowest BCUT2D eigenvalue weighted by atomic mass is 9.78. The summed E-state index contributed by atoms with van der Waals surface area (Å²) >= 11 is 0. The van der Waals surface area contributed by atoms with Crippen LogP contribution < -0.4 is 5.32 Å². The number of carbonyl (C=O) groups excluding carboxylic acids is 3. The number of fused-ring (bicyclic) bond motifs is 1. The average molecular weight is 542 g/mol. The van der Waals surface area contributed by atoms with E-state index in [1.54, 1.807) is 51.1 Å². The van der Waals surface area contributed by atoms with Crippen molar-refractivity contribution >= 4 is 17.7 Å². The third-order valence-corrected chi connectivity index (χ3v) is 8.89. The maximum atomic E-state index is 15.3. The fraction of sp³-hybridized carbons (Fsp3) is 0.483. The highest BCUT2D eigenvalue weighted by atomic mass is 19.3. The van der Waals surface area contributed by atoms with Crippen LogP contribution in [0.2, 0.25) is 0 Å². The van der Waals surface area contributed by atoms with Gasteiger partial charge in [0.1, 0.15) is 17.3 Å². The van der Waals surface area contributed by atoms with E-state index in [2.05, 4.69) is 5.32 Å². The minimum absolute atomic E-state index is 0.0782. The minimum Gasteiger partial charge on any atom is -0.508 e. The van der Waals surface area contributed by atoms with Gasteiger partial charge in [0.2, 0.25) is 5.91 Å². The van der Waals surface area contributed by atoms with E-state index in [1.807, 2.05) is 6.07 Å². The van der Waals surface area contributed by atoms with Gasteiger partial charge in [-0.05, 0) is 50.8 Å². The molecule has 5 rings (SSSR count). The van der Waals surface area contributed by atoms with Gasteiger partial charge in [0.25, 0.3) is 17.7 Å². The Morgan fingerprint density at radius 2 is 1.82 bits per heavy atom. The van der Waals surface area contributed by atoms with Crippen molar-refractivity contribution in [2.45, 2.75) is 75.6 Å². The highest BCUT2D eigenvalue weighted by molar-refractivity contribution is 6.01. The molecule has 3 fully saturated rings. The minimum atomic E-state index is -3.37. The number of benzene rings is 2. The second-order valence-corrected chi connectivity index (χ2v) is 11.2. The van der Waals surface area contributed by atoms with Crippen LogP contribution in [-0.4, -0.2) is 80.0 Å². The second-order valence-electron chi connectivity index (χ2n) is 11.2. The van der Waals surface area contributed by atoms with E-state index >= 15 is 8.78 Å². The largest absolute Gasteiger partial charge is 0.508 e. The van der Waals surface area contributed by atoms with Gasteiger partial charge < -0.3 is 25.3 Å². The van der Waals surface area contributed by atoms with Crippen LogP contribution in [0.1, 0.15) is 59.7 Å². The first-order chi connectivity index (χ1) is 18.3. The molecule has 10 heteroatoms. The molecule has 2 aromatic carbocycles. The van der Waals surface area contributed by atoms with E-state index in [0.29, 0.717) is 17.5 Å². The number of aliphatic hydroxyl groups excluding tert-OH is 1. The molecular weight excluding hydrogens is 508 g/mol. The Bertz CT molecular complexity index is 1350. The van der Waals surface area contributed by atoms with Crippen molar-refractivity contribution in [2.24, 2.45) is 0 Å². The van der Waals surface area contributed by atoms with Gasteiger partial charge in [0.15, 0.2) is 6.10 Å². The number of aryl methyl sites for hydroxylation is 1. The molecular formula is C29H33F2N3O5. The van der Waals surface area contributed by atoms with Crippen LogP contribution in [0.3, 0.4) is 0 Å². The Labute approximate surface area is 225 Å². The number of aliphatic hydroxyl groups is 1. The van der Waals surface area contributed by atoms with E-state index < -0.39 is 59.3 Å². The first kappa shape index (κ1) is 27.1. The zero-order valence-electron chi connectivity index (χ0n) is 22.4. The van der Waals surface area contributed by atoms with E-state index in [-0.39, 0.29) is 24.3 Å². The Morgan fingerprint density at radius 3 is 2.46 bits per heavy atom. The number of likely N-dealkylation sites (tertiary alicyclic amines) is 2. The molecule has 3 aliphatic rings. The number of aromatic hydroxyl groups is 1. The molecule has 1 aliphatic carbocycles. The van der Waals surface area contributed by atoms with Crippen LogP contribution in [0.4, 0.5) is 8.78 Å². The molecule has 2 aliphatic heterocycles. The SMILES string of the molecule is CCCN1C(=O)C2N(C(=O)C(O)C3(NC(=O)c4c(C)ccc(O)c4C)CC3c3ccccc3)CC(F)(F)C21C. The average Bonchev–Trinajstić information content (AvgIpc) is 3.59. The number of alkyl halides is 2. The van der Waals surface area contributed by atoms with E-state index in [4.69, 9.17) is 0 Å². The zero-order valence-corrected chi connectivity index (χ0v) is 22.4. The van der Waals surface area contributed by atoms with Crippen molar-refractivity contribution < 1.29 is 33.4 Å². The number of phenolic OH excluding ortho intramolecular Hbond substituents is 1. The number of rotatable bonds is 7. The Morgan fingerprint density at radius 1 is 1.15 bits per heavy atom. The zero-order chi connectivity index (χ0) is 28.5. The van der Waals surface area contributed by atoms with Crippen molar-refractivity contribution in [1.29, 1.82) is 0 Å². The van der Waals surface area contributed by atoms with E-state index in [1.165, 1.54) is 13.0 Å². The molecule has 0 bridgehead atoms. The Hall–Kier alpha value is -3.53. The monoisotopic (exact) mass is 541 g/mol. The predicted molar refractivity (Wildman–Crippen MR) is 138 cm³/mol. The normalized spacial score (nSPS) is 29.5. The number of nitrogens with zero attached hydrogens (tertiary/aromatic N) is 2. The maximum Gasteiger partial charge on any atom is 0.290 e. The summed E-state index contributed by atoms with van der Waals surface area (Å²) in [5.41, 5.74) is -1.45. The quantitative estimate of drug-likeness (QED) is 0.467. The summed E-state index contributed by atoms with van der Waals surface area (Å²) in [4.78, 5) is 42.1. The number of amides is 3. The first-order valence-corrected chi connectivity index (χ1v) is 13.2. The highest BCUT2D eigenvalue weighted by Gasteiger charge is 2.78. The lowest BCUT2D eigenvalue weighted by molar-refractivity contribution is -0.190. The number of nitrogens with one attached hydrogen (secondary N) is 1. The number of hydrogen-bond acceptors (Lipinski definition) is 5. The molecule has 8 nitrogen and oxygen atoms in total. The molecule has 0 spiro atoms. The fourth-order valence-electron chi connectivity index (χ4n) is 6.49. The van der Waals surface area contributed by atoms with Gasteiger partial charge in [-0.1, -0.05) is 43.3 Å². The predicted octanol–water partition coefficient (Wildman–Crippen LogP) is 2.88. The lowest BCUT2D eigenvalue weighted by Gasteiger charge is -2.54. The topological polar surface area (TPSA) is 110 Å². The first-order valence-electron chi connectivity index (χ1n) is 13.2. The van der Waals surface area contributed by atoms with Crippen LogP contribution in [0.5, 0.6) is 5.75 Å². The molecule has 3 amide bonds. The van der Waals surface area contributed by atoms with Gasteiger partial charge in [-0.25, -0.2) is 8.78 Å². The fourth-order valence-corrected chi connectivity index (χ4v) is 6.49. The van der Waals surface area contributed by atoms with Crippen molar-refractivity contribution in [3.8, 4) is 5.75 Å². The second kappa shape index (κ2) is 9.01. The Balaban J connectivity index is 1.48. The van der Waals surface area contributed by atoms with E-state index in [0.717, 1.165) is 15.4 Å². The molecule has 208 valence electrons. The molecule has 3 N–H and O–H groups in total. The summed E-state index contributed by atoms with van der Waals surface area (Å²) in [5.74, 6) is -6.11. The number of carbonyl (C=O) groups is 3. The summed E-state index contributed by atoms with van der Waals surface area (Å²) in [7, 11) is 0. The van der Waals surface area contributed by atoms with Crippen molar-refractivity contribution in [3.05, 3.63) is 64.7 Å². The molecule has 0 aromatic heterocycles. The van der Waals surface area contributed by atoms with E-state index in [9.17, 15) is 24.6 Å². The molecule has 1 saturated carbocycles. The number of halogens is 2. The lowest BCUT2D eigenvalue weighted by Crippen LogP contribution is -2.78. The molecule has 2 saturated heterocycles. The third-order valence-electron chi connectivity index (χ3n) is 8.89. The summed E-state index contributed by atoms with van der Waals surface area (Å²) in [6, 6.07) is 10.7. The van der Waals surface area contributed by atoms with Gasteiger partial charge >= 0.3 is 0 Å². The maximum absolute atomic E-state index is 15.3. The van der Waals surface area contributed by atoms with Crippen LogP contribution in [0.15, 0.2) is 42.5 Å². The molecule has 39 heavy (non-hydrogen) atoms. The summed E-state index contributed by atoms with van der Waals surface area (Å²) in [6.07, 6.45) is -1.20. The number of phenols is 1. The van der Waals surface area contributed by atoms with Gasteiger partial charge in [-0.2, -0.15) is 0 Å². The van der Waals surface area contributed by atoms with Crippen LogP contribution in [-0.2, 0) is 9.59 Å². The standard InChI is InChI=1S/C29H33F2N3O5/c1-5-13-34-25(38)22-27(34,4)29(30,31)15-33(22)26(39)23(36)28(14-19(28)18-9-7-6-8-10-18)32-24(37)21-16(2)11-12-20(35)17(21)3/h6-12,19,22-23,35-36H,5,13-15H2,1-4H3,(H,32,37).